The highest BCUT2D eigenvalue weighted by atomic mass is 16.2. The summed E-state index contributed by atoms with van der Waals surface area (Å²) in [7, 11) is 1.81. The molecule has 24 heavy (non-hydrogen) atoms. The van der Waals surface area contributed by atoms with E-state index in [1.54, 1.807) is 17.6 Å². The highest BCUT2D eigenvalue weighted by molar-refractivity contribution is 5.74. The topological polar surface area (TPSA) is 63.1 Å². The Morgan fingerprint density at radius 1 is 1.29 bits per heavy atom. The molecule has 0 bridgehead atoms. The van der Waals surface area contributed by atoms with Crippen molar-refractivity contribution in [3.8, 4) is 0 Å². The van der Waals surface area contributed by atoms with Gasteiger partial charge in [0.2, 0.25) is 0 Å². The molecule has 0 aliphatic heterocycles. The van der Waals surface area contributed by atoms with Crippen LogP contribution in [-0.2, 0) is 6.54 Å². The van der Waals surface area contributed by atoms with Crippen LogP contribution in [0.4, 0.5) is 4.79 Å². The molecule has 128 valence electrons. The molecule has 2 aromatic rings. The highest BCUT2D eigenvalue weighted by Crippen LogP contribution is 2.41. The zero-order chi connectivity index (χ0) is 17.1. The number of hydrogen-bond donors (Lipinski definition) is 1. The molecule has 0 spiro atoms. The van der Waals surface area contributed by atoms with Gasteiger partial charge in [-0.3, -0.25) is 0 Å². The lowest BCUT2D eigenvalue weighted by atomic mass is 10.0. The van der Waals surface area contributed by atoms with Crippen LogP contribution in [0.15, 0.2) is 36.9 Å². The number of nitrogens with one attached hydrogen (secondary N) is 1. The predicted octanol–water partition coefficient (Wildman–Crippen LogP) is 2.60. The Labute approximate surface area is 142 Å². The first-order valence-corrected chi connectivity index (χ1v) is 8.48. The first-order chi connectivity index (χ1) is 11.5. The van der Waals surface area contributed by atoms with Gasteiger partial charge in [0, 0.05) is 32.1 Å². The first kappa shape index (κ1) is 16.5. The average Bonchev–Trinajstić information content (AvgIpc) is 3.14. The Morgan fingerprint density at radius 2 is 1.96 bits per heavy atom. The van der Waals surface area contributed by atoms with Crippen molar-refractivity contribution in [1.29, 1.82) is 0 Å². The molecule has 1 heterocycles. The summed E-state index contributed by atoms with van der Waals surface area (Å²) in [5, 5.41) is 10.6. The second-order valence-electron chi connectivity index (χ2n) is 6.84. The number of nitrogens with zero attached hydrogens (tertiary/aromatic N) is 4. The monoisotopic (exact) mass is 327 g/mol. The number of amides is 2. The van der Waals surface area contributed by atoms with Crippen molar-refractivity contribution in [3.63, 3.8) is 0 Å². The predicted molar refractivity (Wildman–Crippen MR) is 92.9 cm³/mol. The summed E-state index contributed by atoms with van der Waals surface area (Å²) in [6, 6.07) is 9.02. The number of likely N-dealkylation sites (N-methyl/N-ethyl adjacent to an activating group) is 1. The smallest absolute Gasteiger partial charge is 0.317 e. The summed E-state index contributed by atoms with van der Waals surface area (Å²) in [6.07, 6.45) is 4.33. The number of aromatic nitrogens is 3. The summed E-state index contributed by atoms with van der Waals surface area (Å²) in [4.78, 5) is 14.0. The van der Waals surface area contributed by atoms with Gasteiger partial charge in [0.1, 0.15) is 12.7 Å². The van der Waals surface area contributed by atoms with Crippen LogP contribution in [-0.4, -0.2) is 45.3 Å². The van der Waals surface area contributed by atoms with Gasteiger partial charge in [-0.1, -0.05) is 38.1 Å². The summed E-state index contributed by atoms with van der Waals surface area (Å²) < 4.78 is 1.86. The molecule has 1 aromatic heterocycles. The van der Waals surface area contributed by atoms with Gasteiger partial charge in [0.05, 0.1) is 0 Å². The number of rotatable bonds is 6. The summed E-state index contributed by atoms with van der Waals surface area (Å²) in [5.41, 5.74) is 2.67. The van der Waals surface area contributed by atoms with E-state index in [-0.39, 0.29) is 12.1 Å². The lowest BCUT2D eigenvalue weighted by Gasteiger charge is -2.18. The van der Waals surface area contributed by atoms with E-state index in [1.165, 1.54) is 11.1 Å². The van der Waals surface area contributed by atoms with Gasteiger partial charge in [-0.05, 0) is 23.5 Å². The van der Waals surface area contributed by atoms with Gasteiger partial charge in [0.25, 0.3) is 0 Å². The third kappa shape index (κ3) is 3.93. The molecule has 1 saturated carbocycles. The quantitative estimate of drug-likeness (QED) is 0.887. The van der Waals surface area contributed by atoms with Gasteiger partial charge in [-0.2, -0.15) is 0 Å². The summed E-state index contributed by atoms with van der Waals surface area (Å²) >= 11 is 0. The third-order valence-electron chi connectivity index (χ3n) is 4.64. The van der Waals surface area contributed by atoms with E-state index in [4.69, 9.17) is 0 Å². The van der Waals surface area contributed by atoms with Gasteiger partial charge in [-0.25, -0.2) is 4.79 Å². The molecule has 0 radical (unpaired) electrons. The Kier molecular flexibility index (Phi) is 4.83. The van der Waals surface area contributed by atoms with Crippen LogP contribution in [0.2, 0.25) is 0 Å². The number of urea groups is 1. The number of carbonyl (C=O) groups excluding carboxylic acids is 1. The molecule has 2 atom stereocenters. The maximum Gasteiger partial charge on any atom is 0.317 e. The fourth-order valence-corrected chi connectivity index (χ4v) is 2.82. The van der Waals surface area contributed by atoms with E-state index in [0.29, 0.717) is 24.9 Å². The molecular weight excluding hydrogens is 302 g/mol. The fraction of sp³-hybridized carbons (Fsp3) is 0.500. The lowest BCUT2D eigenvalue weighted by Crippen LogP contribution is -2.40. The zero-order valence-corrected chi connectivity index (χ0v) is 14.5. The highest BCUT2D eigenvalue weighted by Gasteiger charge is 2.39. The summed E-state index contributed by atoms with van der Waals surface area (Å²) in [6.45, 7) is 5.72. The molecule has 0 saturated heterocycles. The van der Waals surface area contributed by atoms with Crippen molar-refractivity contribution >= 4 is 6.03 Å². The van der Waals surface area contributed by atoms with Crippen molar-refractivity contribution in [2.24, 2.45) is 0 Å². The molecule has 1 aliphatic rings. The van der Waals surface area contributed by atoms with Crippen LogP contribution in [0.1, 0.15) is 43.2 Å². The summed E-state index contributed by atoms with van der Waals surface area (Å²) in [5.74, 6) is 0.995. The standard InChI is InChI=1S/C18H25N5O/c1-13(2)14-4-6-15(7-5-14)16-10-17(16)21-18(24)22(3)8-9-23-11-19-20-12-23/h4-7,11-13,16-17H,8-10H2,1-3H3,(H,21,24). The van der Waals surface area contributed by atoms with Crippen molar-refractivity contribution < 1.29 is 4.79 Å². The normalized spacial score (nSPS) is 19.3. The van der Waals surface area contributed by atoms with E-state index < -0.39 is 0 Å². The fourth-order valence-electron chi connectivity index (χ4n) is 2.82. The molecule has 1 fully saturated rings. The van der Waals surface area contributed by atoms with Crippen LogP contribution in [0, 0.1) is 0 Å². The molecule has 1 aliphatic carbocycles. The van der Waals surface area contributed by atoms with Crippen molar-refractivity contribution in [3.05, 3.63) is 48.0 Å². The number of benzene rings is 1. The Morgan fingerprint density at radius 3 is 2.58 bits per heavy atom. The molecule has 1 aromatic carbocycles. The molecule has 2 unspecified atom stereocenters. The SMILES string of the molecule is CC(C)c1ccc(C2CC2NC(=O)N(C)CCn2cnnc2)cc1. The Hall–Kier alpha value is -2.37. The average molecular weight is 327 g/mol. The van der Waals surface area contributed by atoms with Crippen molar-refractivity contribution in [2.75, 3.05) is 13.6 Å². The van der Waals surface area contributed by atoms with Crippen molar-refractivity contribution in [1.82, 2.24) is 25.0 Å². The molecule has 2 amide bonds. The largest absolute Gasteiger partial charge is 0.335 e. The second kappa shape index (κ2) is 7.03. The Bertz CT molecular complexity index is 665. The Balaban J connectivity index is 1.46. The van der Waals surface area contributed by atoms with Crippen molar-refractivity contribution in [2.45, 2.75) is 44.7 Å². The second-order valence-corrected chi connectivity index (χ2v) is 6.84. The minimum absolute atomic E-state index is 0.0191. The molecule has 3 rings (SSSR count). The molecule has 1 N–H and O–H groups in total. The minimum Gasteiger partial charge on any atom is -0.335 e. The van der Waals surface area contributed by atoms with Gasteiger partial charge >= 0.3 is 6.03 Å². The number of carbonyl (C=O) groups is 1. The van der Waals surface area contributed by atoms with Crippen LogP contribution in [0.3, 0.4) is 0 Å². The number of hydrogen-bond acceptors (Lipinski definition) is 3. The minimum atomic E-state index is -0.0191. The van der Waals surface area contributed by atoms with Crippen LogP contribution >= 0.6 is 0 Å². The van der Waals surface area contributed by atoms with Crippen LogP contribution in [0.25, 0.3) is 0 Å². The van der Waals surface area contributed by atoms with Crippen LogP contribution in [0.5, 0.6) is 0 Å². The van der Waals surface area contributed by atoms with E-state index in [9.17, 15) is 4.79 Å². The van der Waals surface area contributed by atoms with E-state index in [0.717, 1.165) is 6.42 Å². The lowest BCUT2D eigenvalue weighted by molar-refractivity contribution is 0.206. The molecule has 6 heteroatoms. The maximum atomic E-state index is 12.2. The first-order valence-electron chi connectivity index (χ1n) is 8.48. The van der Waals surface area contributed by atoms with Gasteiger partial charge in [0.15, 0.2) is 0 Å². The molecular formula is C18H25N5O. The van der Waals surface area contributed by atoms with E-state index in [1.807, 2.05) is 11.6 Å². The third-order valence-corrected chi connectivity index (χ3v) is 4.64. The van der Waals surface area contributed by atoms with Crippen LogP contribution < -0.4 is 5.32 Å². The molecule has 6 nitrogen and oxygen atoms in total. The van der Waals surface area contributed by atoms with Gasteiger partial charge in [-0.15, -0.1) is 10.2 Å². The zero-order valence-electron chi connectivity index (χ0n) is 14.5. The van der Waals surface area contributed by atoms with E-state index in [2.05, 4.69) is 53.6 Å². The maximum absolute atomic E-state index is 12.2. The van der Waals surface area contributed by atoms with Gasteiger partial charge < -0.3 is 14.8 Å². The van der Waals surface area contributed by atoms with E-state index >= 15 is 0 Å².